The number of pyridine rings is 2. The minimum atomic E-state index is -0.227. The highest BCUT2D eigenvalue weighted by Crippen LogP contribution is 2.25. The summed E-state index contributed by atoms with van der Waals surface area (Å²) in [5.41, 5.74) is 1.27. The summed E-state index contributed by atoms with van der Waals surface area (Å²) in [5.74, 6) is 1.27. The van der Waals surface area contributed by atoms with Crippen LogP contribution in [0.1, 0.15) is 36.0 Å². The van der Waals surface area contributed by atoms with Crippen LogP contribution in [0.5, 0.6) is 0 Å². The van der Waals surface area contributed by atoms with Crippen LogP contribution in [0.25, 0.3) is 11.0 Å². The maximum Gasteiger partial charge on any atom is 0.258 e. The summed E-state index contributed by atoms with van der Waals surface area (Å²) in [4.78, 5) is 23.5. The maximum atomic E-state index is 12.4. The van der Waals surface area contributed by atoms with Gasteiger partial charge in [-0.05, 0) is 37.1 Å². The number of carbonyl (C=O) groups excluding carboxylic acids is 1. The van der Waals surface area contributed by atoms with Crippen molar-refractivity contribution in [3.05, 3.63) is 42.2 Å². The van der Waals surface area contributed by atoms with Gasteiger partial charge in [0.2, 0.25) is 0 Å². The topological polar surface area (TPSA) is 75.9 Å². The van der Waals surface area contributed by atoms with Gasteiger partial charge in [0, 0.05) is 32.5 Å². The molecule has 1 amide bonds. The van der Waals surface area contributed by atoms with Crippen LogP contribution in [0.2, 0.25) is 0 Å². The van der Waals surface area contributed by atoms with E-state index in [0.29, 0.717) is 11.4 Å². The molecule has 1 aliphatic heterocycles. The number of nitrogens with zero attached hydrogens (tertiary/aromatic N) is 5. The lowest BCUT2D eigenvalue weighted by atomic mass is 10.2. The third-order valence-corrected chi connectivity index (χ3v) is 4.76. The molecule has 7 heteroatoms. The second-order valence-corrected chi connectivity index (χ2v) is 6.61. The molecule has 4 rings (SSSR count). The van der Waals surface area contributed by atoms with E-state index in [9.17, 15) is 4.79 Å². The van der Waals surface area contributed by atoms with Crippen molar-refractivity contribution in [3.63, 3.8) is 0 Å². The van der Waals surface area contributed by atoms with Gasteiger partial charge in [0.15, 0.2) is 11.5 Å². The molecule has 7 nitrogen and oxygen atoms in total. The molecule has 3 aromatic heterocycles. The van der Waals surface area contributed by atoms with E-state index >= 15 is 0 Å². The van der Waals surface area contributed by atoms with E-state index in [0.717, 1.165) is 29.9 Å². The number of amides is 1. The largest absolute Gasteiger partial charge is 0.357 e. The highest BCUT2D eigenvalue weighted by Gasteiger charge is 2.17. The summed E-state index contributed by atoms with van der Waals surface area (Å²) >= 11 is 0. The van der Waals surface area contributed by atoms with E-state index in [-0.39, 0.29) is 5.91 Å². The molecule has 1 fully saturated rings. The first kappa shape index (κ1) is 16.5. The number of aryl methyl sites for hydroxylation is 1. The van der Waals surface area contributed by atoms with Gasteiger partial charge in [-0.15, -0.1) is 0 Å². The molecule has 3 aromatic rings. The first-order valence-corrected chi connectivity index (χ1v) is 9.02. The summed E-state index contributed by atoms with van der Waals surface area (Å²) in [6.45, 7) is 2.09. The van der Waals surface area contributed by atoms with Gasteiger partial charge in [0.05, 0.1) is 10.9 Å². The van der Waals surface area contributed by atoms with Crippen LogP contribution in [0, 0.1) is 0 Å². The van der Waals surface area contributed by atoms with Gasteiger partial charge in [-0.25, -0.2) is 9.67 Å². The van der Waals surface area contributed by atoms with Crippen LogP contribution in [0.15, 0.2) is 36.7 Å². The Labute approximate surface area is 152 Å². The Morgan fingerprint density at radius 3 is 2.65 bits per heavy atom. The fraction of sp³-hybridized carbons (Fsp3) is 0.368. The highest BCUT2D eigenvalue weighted by atomic mass is 16.1. The van der Waals surface area contributed by atoms with Gasteiger partial charge in [-0.3, -0.25) is 9.78 Å². The summed E-state index contributed by atoms with van der Waals surface area (Å²) in [6.07, 6.45) is 8.16. The second-order valence-electron chi connectivity index (χ2n) is 6.61. The van der Waals surface area contributed by atoms with Crippen molar-refractivity contribution in [2.24, 2.45) is 7.05 Å². The van der Waals surface area contributed by atoms with Crippen molar-refractivity contribution < 1.29 is 4.79 Å². The number of rotatable bonds is 3. The molecule has 0 aromatic carbocycles. The predicted octanol–water partition coefficient (Wildman–Crippen LogP) is 3.00. The van der Waals surface area contributed by atoms with E-state index < -0.39 is 0 Å². The molecule has 26 heavy (non-hydrogen) atoms. The lowest BCUT2D eigenvalue weighted by Crippen LogP contribution is -2.24. The lowest BCUT2D eigenvalue weighted by Gasteiger charge is -2.21. The Bertz CT molecular complexity index is 912. The third-order valence-electron chi connectivity index (χ3n) is 4.76. The molecule has 1 aliphatic rings. The van der Waals surface area contributed by atoms with Crippen molar-refractivity contribution in [1.82, 2.24) is 19.7 Å². The van der Waals surface area contributed by atoms with Crippen molar-refractivity contribution in [2.45, 2.75) is 25.7 Å². The van der Waals surface area contributed by atoms with E-state index in [2.05, 4.69) is 20.3 Å². The number of fused-ring (bicyclic) bond motifs is 1. The minimum Gasteiger partial charge on any atom is -0.357 e. The normalized spacial score (nSPS) is 15.0. The van der Waals surface area contributed by atoms with Crippen LogP contribution in [0.3, 0.4) is 0 Å². The first-order chi connectivity index (χ1) is 12.7. The molecular weight excluding hydrogens is 328 g/mol. The van der Waals surface area contributed by atoms with Gasteiger partial charge in [-0.2, -0.15) is 5.10 Å². The average molecular weight is 350 g/mol. The molecule has 0 spiro atoms. The Kier molecular flexibility index (Phi) is 4.51. The Morgan fingerprint density at radius 1 is 1.12 bits per heavy atom. The zero-order valence-electron chi connectivity index (χ0n) is 14.9. The monoisotopic (exact) mass is 350 g/mol. The molecule has 1 saturated heterocycles. The fourth-order valence-electron chi connectivity index (χ4n) is 3.37. The number of anilines is 2. The maximum absolute atomic E-state index is 12.4. The number of hydrogen-bond donors (Lipinski definition) is 1. The predicted molar refractivity (Wildman–Crippen MR) is 101 cm³/mol. The molecule has 0 aliphatic carbocycles. The number of aromatic nitrogens is 4. The van der Waals surface area contributed by atoms with E-state index in [1.54, 1.807) is 23.0 Å². The zero-order chi connectivity index (χ0) is 17.9. The molecule has 4 heterocycles. The standard InChI is InChI=1S/C19H22N6O/c1-24-18-15(8-9-16(21-18)25-11-4-2-3-5-12-25)17(23-24)22-19(26)14-7-6-10-20-13-14/h6-10,13H,2-5,11-12H2,1H3,(H,22,23,26). The van der Waals surface area contributed by atoms with Crippen molar-refractivity contribution in [3.8, 4) is 0 Å². The SMILES string of the molecule is Cn1nc(NC(=O)c2cccnc2)c2ccc(N3CCCCCC3)nc21. The quantitative estimate of drug-likeness (QED) is 0.786. The summed E-state index contributed by atoms with van der Waals surface area (Å²) in [7, 11) is 1.85. The minimum absolute atomic E-state index is 0.227. The van der Waals surface area contributed by atoms with Crippen LogP contribution >= 0.6 is 0 Å². The van der Waals surface area contributed by atoms with Crippen molar-refractivity contribution in [2.75, 3.05) is 23.3 Å². The molecule has 0 bridgehead atoms. The van der Waals surface area contributed by atoms with Gasteiger partial charge in [0.1, 0.15) is 5.82 Å². The van der Waals surface area contributed by atoms with E-state index in [1.165, 1.54) is 31.9 Å². The first-order valence-electron chi connectivity index (χ1n) is 9.02. The van der Waals surface area contributed by atoms with Crippen LogP contribution in [-0.2, 0) is 7.05 Å². The lowest BCUT2D eigenvalue weighted by molar-refractivity contribution is 0.102. The second kappa shape index (κ2) is 7.11. The molecule has 0 saturated carbocycles. The van der Waals surface area contributed by atoms with Gasteiger partial charge < -0.3 is 10.2 Å². The number of hydrogen-bond acceptors (Lipinski definition) is 5. The van der Waals surface area contributed by atoms with Crippen LogP contribution in [-0.4, -0.2) is 38.7 Å². The molecule has 1 N–H and O–H groups in total. The average Bonchev–Trinajstić information content (AvgIpc) is 2.85. The molecule has 134 valence electrons. The highest BCUT2D eigenvalue weighted by molar-refractivity contribution is 6.07. The molecule has 0 atom stereocenters. The van der Waals surface area contributed by atoms with Gasteiger partial charge >= 0.3 is 0 Å². The smallest absolute Gasteiger partial charge is 0.258 e. The molecule has 0 unspecified atom stereocenters. The number of nitrogens with one attached hydrogen (secondary N) is 1. The Balaban J connectivity index is 1.62. The van der Waals surface area contributed by atoms with E-state index in [1.807, 2.05) is 19.2 Å². The fourth-order valence-corrected chi connectivity index (χ4v) is 3.37. The third kappa shape index (κ3) is 3.24. The zero-order valence-corrected chi connectivity index (χ0v) is 14.9. The van der Waals surface area contributed by atoms with Crippen LogP contribution < -0.4 is 10.2 Å². The Morgan fingerprint density at radius 2 is 1.92 bits per heavy atom. The van der Waals surface area contributed by atoms with Gasteiger partial charge in [0.25, 0.3) is 5.91 Å². The Hall–Kier alpha value is -2.96. The van der Waals surface area contributed by atoms with E-state index in [4.69, 9.17) is 4.98 Å². The molecular formula is C19H22N6O. The van der Waals surface area contributed by atoms with Crippen molar-refractivity contribution in [1.29, 1.82) is 0 Å². The summed E-state index contributed by atoms with van der Waals surface area (Å²) in [5, 5.41) is 8.15. The van der Waals surface area contributed by atoms with Crippen molar-refractivity contribution >= 4 is 28.6 Å². The van der Waals surface area contributed by atoms with Crippen LogP contribution in [0.4, 0.5) is 11.6 Å². The molecule has 0 radical (unpaired) electrons. The summed E-state index contributed by atoms with van der Waals surface area (Å²) < 4.78 is 1.72. The number of carbonyl (C=O) groups is 1. The van der Waals surface area contributed by atoms with Gasteiger partial charge in [-0.1, -0.05) is 12.8 Å². The summed E-state index contributed by atoms with van der Waals surface area (Å²) in [6, 6.07) is 7.48.